The molecule has 1 aromatic heterocycles. The van der Waals surface area contributed by atoms with Gasteiger partial charge in [0, 0.05) is 22.6 Å². The van der Waals surface area contributed by atoms with Gasteiger partial charge in [0.25, 0.3) is 5.69 Å². The average Bonchev–Trinajstić information content (AvgIpc) is 3.15. The number of nitro benzene ring substituents is 1. The third-order valence-corrected chi connectivity index (χ3v) is 4.73. The van der Waals surface area contributed by atoms with Crippen LogP contribution in [0.25, 0.3) is 11.3 Å². The summed E-state index contributed by atoms with van der Waals surface area (Å²) in [5.41, 5.74) is 1.75. The van der Waals surface area contributed by atoms with E-state index in [9.17, 15) is 14.9 Å². The molecule has 0 saturated carbocycles. The topological polar surface area (TPSA) is 104 Å². The van der Waals surface area contributed by atoms with Crippen molar-refractivity contribution in [1.82, 2.24) is 4.98 Å². The number of amides is 1. The molecule has 3 rings (SSSR count). The van der Waals surface area contributed by atoms with Gasteiger partial charge in [-0.25, -0.2) is 4.98 Å². The minimum Gasteiger partial charge on any atom is -0.493 e. The molecule has 0 aliphatic rings. The largest absolute Gasteiger partial charge is 0.493 e. The lowest BCUT2D eigenvalue weighted by Crippen LogP contribution is -2.15. The normalized spacial score (nSPS) is 10.4. The molecule has 0 saturated heterocycles. The Balaban J connectivity index is 1.73. The van der Waals surface area contributed by atoms with Crippen LogP contribution < -0.4 is 14.8 Å². The molecule has 0 bridgehead atoms. The Morgan fingerprint density at radius 1 is 1.18 bits per heavy atom. The highest BCUT2D eigenvalue weighted by Crippen LogP contribution is 2.33. The molecule has 2 aromatic carbocycles. The van der Waals surface area contributed by atoms with Crippen LogP contribution in [0, 0.1) is 10.1 Å². The third kappa shape index (κ3) is 4.26. The molecule has 1 heterocycles. The number of carbonyl (C=O) groups is 1. The minimum absolute atomic E-state index is 0.0807. The summed E-state index contributed by atoms with van der Waals surface area (Å²) < 4.78 is 10.5. The summed E-state index contributed by atoms with van der Waals surface area (Å²) in [7, 11) is 3.11. The fourth-order valence-corrected chi connectivity index (χ4v) is 3.37. The second-order valence-electron chi connectivity index (χ2n) is 5.72. The van der Waals surface area contributed by atoms with E-state index in [0.717, 1.165) is 5.56 Å². The number of nitrogens with one attached hydrogen (secondary N) is 1. The number of nitro groups is 1. The molecule has 1 N–H and O–H groups in total. The minimum atomic E-state index is -0.499. The van der Waals surface area contributed by atoms with Crippen LogP contribution in [0.5, 0.6) is 11.5 Å². The van der Waals surface area contributed by atoms with Crippen LogP contribution in [0.15, 0.2) is 47.8 Å². The van der Waals surface area contributed by atoms with Gasteiger partial charge in [-0.05, 0) is 18.2 Å². The predicted octanol–water partition coefficient (Wildman–Crippen LogP) is 3.92. The first-order valence-electron chi connectivity index (χ1n) is 8.22. The summed E-state index contributed by atoms with van der Waals surface area (Å²) in [6.45, 7) is 0. The number of rotatable bonds is 7. The lowest BCUT2D eigenvalue weighted by molar-refractivity contribution is -0.385. The Bertz CT molecular complexity index is 1020. The first kappa shape index (κ1) is 19.3. The van der Waals surface area contributed by atoms with Crippen molar-refractivity contribution >= 4 is 28.1 Å². The SMILES string of the molecule is COc1ccc(-c2csc(NC(=O)Cc3ccccc3[N+](=O)[O-])n2)cc1OC. The fraction of sp³-hybridized carbons (Fsp3) is 0.158. The van der Waals surface area contributed by atoms with Gasteiger partial charge in [0.15, 0.2) is 16.6 Å². The Morgan fingerprint density at radius 3 is 2.64 bits per heavy atom. The van der Waals surface area contributed by atoms with Gasteiger partial charge in [-0.2, -0.15) is 0 Å². The average molecular weight is 399 g/mol. The maximum absolute atomic E-state index is 12.3. The summed E-state index contributed by atoms with van der Waals surface area (Å²) in [6, 6.07) is 11.6. The second-order valence-corrected chi connectivity index (χ2v) is 6.58. The molecule has 0 aliphatic heterocycles. The maximum Gasteiger partial charge on any atom is 0.273 e. The lowest BCUT2D eigenvalue weighted by Gasteiger charge is -2.08. The van der Waals surface area contributed by atoms with Crippen LogP contribution in [0.2, 0.25) is 0 Å². The van der Waals surface area contributed by atoms with E-state index >= 15 is 0 Å². The highest BCUT2D eigenvalue weighted by Gasteiger charge is 2.17. The number of carbonyl (C=O) groups excluding carboxylic acids is 1. The number of para-hydroxylation sites is 1. The molecule has 8 nitrogen and oxygen atoms in total. The van der Waals surface area contributed by atoms with E-state index in [4.69, 9.17) is 9.47 Å². The molecule has 0 spiro atoms. The van der Waals surface area contributed by atoms with Crippen molar-refractivity contribution in [3.8, 4) is 22.8 Å². The summed E-state index contributed by atoms with van der Waals surface area (Å²) >= 11 is 1.27. The van der Waals surface area contributed by atoms with Crippen LogP contribution in [-0.4, -0.2) is 30.0 Å². The highest BCUT2D eigenvalue weighted by atomic mass is 32.1. The maximum atomic E-state index is 12.3. The van der Waals surface area contributed by atoms with Gasteiger partial charge in [-0.15, -0.1) is 11.3 Å². The van der Waals surface area contributed by atoms with Crippen LogP contribution >= 0.6 is 11.3 Å². The summed E-state index contributed by atoms with van der Waals surface area (Å²) in [5, 5.41) is 16.0. The molecule has 0 fully saturated rings. The van der Waals surface area contributed by atoms with E-state index < -0.39 is 4.92 Å². The van der Waals surface area contributed by atoms with Gasteiger partial charge in [0.2, 0.25) is 5.91 Å². The fourth-order valence-electron chi connectivity index (χ4n) is 2.63. The number of aromatic nitrogens is 1. The number of ether oxygens (including phenoxy) is 2. The number of thiazole rings is 1. The predicted molar refractivity (Wildman–Crippen MR) is 106 cm³/mol. The zero-order chi connectivity index (χ0) is 20.1. The van der Waals surface area contributed by atoms with Gasteiger partial charge < -0.3 is 14.8 Å². The first-order valence-corrected chi connectivity index (χ1v) is 9.10. The van der Waals surface area contributed by atoms with Gasteiger partial charge >= 0.3 is 0 Å². The van der Waals surface area contributed by atoms with Crippen LogP contribution in [0.3, 0.4) is 0 Å². The summed E-state index contributed by atoms with van der Waals surface area (Å²) in [4.78, 5) is 27.3. The first-order chi connectivity index (χ1) is 13.5. The van der Waals surface area contributed by atoms with Crippen LogP contribution in [0.1, 0.15) is 5.56 Å². The number of hydrogen-bond acceptors (Lipinski definition) is 7. The summed E-state index contributed by atoms with van der Waals surface area (Å²) in [5.74, 6) is 0.817. The monoisotopic (exact) mass is 399 g/mol. The van der Waals surface area contributed by atoms with E-state index in [1.807, 2.05) is 11.4 Å². The standard InChI is InChI=1S/C19H17N3O5S/c1-26-16-8-7-12(9-17(16)27-2)14-11-28-19(20-14)21-18(23)10-13-5-3-4-6-15(13)22(24)25/h3-9,11H,10H2,1-2H3,(H,20,21,23). The van der Waals surface area contributed by atoms with Crippen molar-refractivity contribution in [2.75, 3.05) is 19.5 Å². The van der Waals surface area contributed by atoms with E-state index in [1.165, 1.54) is 17.4 Å². The van der Waals surface area contributed by atoms with E-state index in [-0.39, 0.29) is 18.0 Å². The molecule has 0 radical (unpaired) electrons. The Morgan fingerprint density at radius 2 is 1.93 bits per heavy atom. The Hall–Kier alpha value is -3.46. The van der Waals surface area contributed by atoms with Crippen LogP contribution in [-0.2, 0) is 11.2 Å². The zero-order valence-electron chi connectivity index (χ0n) is 15.2. The number of methoxy groups -OCH3 is 2. The zero-order valence-corrected chi connectivity index (χ0v) is 16.0. The molecule has 1 amide bonds. The number of benzene rings is 2. The van der Waals surface area contributed by atoms with Gasteiger partial charge in [-0.3, -0.25) is 14.9 Å². The van der Waals surface area contributed by atoms with Crippen LogP contribution in [0.4, 0.5) is 10.8 Å². The van der Waals surface area contributed by atoms with Crippen molar-refractivity contribution in [3.05, 3.63) is 63.5 Å². The molecular weight excluding hydrogens is 382 g/mol. The number of anilines is 1. The molecule has 9 heteroatoms. The number of hydrogen-bond donors (Lipinski definition) is 1. The van der Waals surface area contributed by atoms with Crippen molar-refractivity contribution in [1.29, 1.82) is 0 Å². The lowest BCUT2D eigenvalue weighted by atomic mass is 10.1. The highest BCUT2D eigenvalue weighted by molar-refractivity contribution is 7.14. The van der Waals surface area contributed by atoms with Crippen molar-refractivity contribution in [2.24, 2.45) is 0 Å². The van der Waals surface area contributed by atoms with Gasteiger partial charge in [0.05, 0.1) is 31.3 Å². The third-order valence-electron chi connectivity index (χ3n) is 3.97. The van der Waals surface area contributed by atoms with Crippen molar-refractivity contribution < 1.29 is 19.2 Å². The van der Waals surface area contributed by atoms with Crippen molar-refractivity contribution in [2.45, 2.75) is 6.42 Å². The molecular formula is C19H17N3O5S. The molecule has 0 aliphatic carbocycles. The van der Waals surface area contributed by atoms with E-state index in [0.29, 0.717) is 27.9 Å². The van der Waals surface area contributed by atoms with Crippen molar-refractivity contribution in [3.63, 3.8) is 0 Å². The van der Waals surface area contributed by atoms with Gasteiger partial charge in [0.1, 0.15) is 0 Å². The summed E-state index contributed by atoms with van der Waals surface area (Å²) in [6.07, 6.45) is -0.109. The molecule has 28 heavy (non-hydrogen) atoms. The molecule has 0 atom stereocenters. The molecule has 3 aromatic rings. The molecule has 0 unspecified atom stereocenters. The Kier molecular flexibility index (Phi) is 5.85. The van der Waals surface area contributed by atoms with E-state index in [2.05, 4.69) is 10.3 Å². The second kappa shape index (κ2) is 8.49. The number of nitrogens with zero attached hydrogens (tertiary/aromatic N) is 2. The van der Waals surface area contributed by atoms with E-state index in [1.54, 1.807) is 44.6 Å². The quantitative estimate of drug-likeness (QED) is 0.477. The van der Waals surface area contributed by atoms with Gasteiger partial charge in [-0.1, -0.05) is 18.2 Å². The smallest absolute Gasteiger partial charge is 0.273 e. The molecule has 144 valence electrons. The Labute approximate surface area is 164 Å².